The maximum Gasteiger partial charge on any atom is 0.0744 e. The van der Waals surface area contributed by atoms with Gasteiger partial charge in [-0.2, -0.15) is 0 Å². The van der Waals surface area contributed by atoms with Crippen molar-refractivity contribution < 1.29 is 5.11 Å². The van der Waals surface area contributed by atoms with Crippen LogP contribution in [0.15, 0.2) is 24.3 Å². The maximum atomic E-state index is 9.86. The number of aliphatic hydroxyl groups is 1. The van der Waals surface area contributed by atoms with Gasteiger partial charge in [0.25, 0.3) is 0 Å². The van der Waals surface area contributed by atoms with Gasteiger partial charge in [0.1, 0.15) is 0 Å². The van der Waals surface area contributed by atoms with Gasteiger partial charge < -0.3 is 10.4 Å². The van der Waals surface area contributed by atoms with Gasteiger partial charge in [-0.1, -0.05) is 31.5 Å². The van der Waals surface area contributed by atoms with Crippen LogP contribution in [0.3, 0.4) is 0 Å². The molecule has 14 heavy (non-hydrogen) atoms. The van der Waals surface area contributed by atoms with E-state index in [0.29, 0.717) is 0 Å². The zero-order chi connectivity index (χ0) is 9.97. The summed E-state index contributed by atoms with van der Waals surface area (Å²) < 4.78 is 0. The molecule has 1 aliphatic rings. The molecule has 0 saturated heterocycles. The van der Waals surface area contributed by atoms with E-state index in [1.165, 1.54) is 11.3 Å². The molecule has 0 radical (unpaired) electrons. The summed E-state index contributed by atoms with van der Waals surface area (Å²) in [5.41, 5.74) is 2.51. The Kier molecular flexibility index (Phi) is 2.73. The Balaban J connectivity index is 2.04. The van der Waals surface area contributed by atoms with Gasteiger partial charge >= 0.3 is 0 Å². The molecule has 2 rings (SSSR count). The number of fused-ring (bicyclic) bond motifs is 1. The van der Waals surface area contributed by atoms with Crippen molar-refractivity contribution in [3.8, 4) is 0 Å². The zero-order valence-corrected chi connectivity index (χ0v) is 8.53. The highest BCUT2D eigenvalue weighted by molar-refractivity contribution is 5.56. The molecule has 1 aliphatic heterocycles. The van der Waals surface area contributed by atoms with Crippen LogP contribution in [0.2, 0.25) is 0 Å². The van der Waals surface area contributed by atoms with Crippen molar-refractivity contribution in [1.29, 1.82) is 0 Å². The summed E-state index contributed by atoms with van der Waals surface area (Å²) in [5, 5.41) is 13.2. The molecule has 76 valence electrons. The third-order valence-corrected chi connectivity index (χ3v) is 2.85. The first-order chi connectivity index (χ1) is 6.81. The minimum atomic E-state index is -0.215. The van der Waals surface area contributed by atoms with Crippen LogP contribution in [-0.4, -0.2) is 17.3 Å². The highest BCUT2D eigenvalue weighted by atomic mass is 16.3. The number of aliphatic hydroxyl groups excluding tert-OH is 1. The SMILES string of the molecule is CCCC(O)C1Cc2ccccc2N1. The molecule has 2 N–H and O–H groups in total. The first kappa shape index (κ1) is 9.53. The molecule has 0 fully saturated rings. The molecule has 1 aromatic carbocycles. The molecule has 0 spiro atoms. The smallest absolute Gasteiger partial charge is 0.0744 e. The third-order valence-electron chi connectivity index (χ3n) is 2.85. The Morgan fingerprint density at radius 2 is 2.29 bits per heavy atom. The van der Waals surface area contributed by atoms with Gasteiger partial charge in [-0.25, -0.2) is 0 Å². The number of benzene rings is 1. The highest BCUT2D eigenvalue weighted by Gasteiger charge is 2.25. The minimum absolute atomic E-state index is 0.215. The van der Waals surface area contributed by atoms with Gasteiger partial charge in [-0.15, -0.1) is 0 Å². The van der Waals surface area contributed by atoms with E-state index in [1.807, 2.05) is 6.07 Å². The number of nitrogens with one attached hydrogen (secondary N) is 1. The summed E-state index contributed by atoms with van der Waals surface area (Å²) in [6.45, 7) is 2.10. The van der Waals surface area contributed by atoms with Gasteiger partial charge in [0.05, 0.1) is 12.1 Å². The van der Waals surface area contributed by atoms with Gasteiger partial charge in [-0.05, 0) is 24.5 Å². The standard InChI is InChI=1S/C12H17NO/c1-2-5-12(14)11-8-9-6-3-4-7-10(9)13-11/h3-4,6-7,11-14H,2,5,8H2,1H3. The molecule has 2 nitrogen and oxygen atoms in total. The fourth-order valence-corrected chi connectivity index (χ4v) is 2.06. The molecule has 2 heteroatoms. The van der Waals surface area contributed by atoms with Crippen LogP contribution >= 0.6 is 0 Å². The fraction of sp³-hybridized carbons (Fsp3) is 0.500. The third kappa shape index (κ3) is 1.75. The van der Waals surface area contributed by atoms with E-state index in [0.717, 1.165) is 19.3 Å². The lowest BCUT2D eigenvalue weighted by Gasteiger charge is -2.17. The summed E-state index contributed by atoms with van der Waals surface area (Å²) in [4.78, 5) is 0. The van der Waals surface area contributed by atoms with Crippen LogP contribution in [0.25, 0.3) is 0 Å². The Labute approximate surface area is 85.0 Å². The van der Waals surface area contributed by atoms with Crippen molar-refractivity contribution in [2.45, 2.75) is 38.3 Å². The predicted molar refractivity (Wildman–Crippen MR) is 58.5 cm³/mol. The predicted octanol–water partition coefficient (Wildman–Crippen LogP) is 2.18. The second-order valence-electron chi connectivity index (χ2n) is 3.97. The number of anilines is 1. The molecule has 0 aliphatic carbocycles. The topological polar surface area (TPSA) is 32.3 Å². The molecule has 2 unspecified atom stereocenters. The summed E-state index contributed by atoms with van der Waals surface area (Å²) in [6, 6.07) is 8.50. The van der Waals surface area contributed by atoms with Gasteiger partial charge in [-0.3, -0.25) is 0 Å². The van der Waals surface area contributed by atoms with Crippen molar-refractivity contribution >= 4 is 5.69 Å². The van der Waals surface area contributed by atoms with Crippen LogP contribution in [0.1, 0.15) is 25.3 Å². The molecule has 0 aromatic heterocycles. The second kappa shape index (κ2) is 4.01. The molecule has 0 amide bonds. The van der Waals surface area contributed by atoms with Crippen molar-refractivity contribution in [2.24, 2.45) is 0 Å². The maximum absolute atomic E-state index is 9.86. The summed E-state index contributed by atoms with van der Waals surface area (Å²) >= 11 is 0. The van der Waals surface area contributed by atoms with Gasteiger partial charge in [0.15, 0.2) is 0 Å². The summed E-state index contributed by atoms with van der Waals surface area (Å²) in [5.74, 6) is 0. The molecule has 0 bridgehead atoms. The van der Waals surface area contributed by atoms with Crippen LogP contribution in [0.5, 0.6) is 0 Å². The molecular formula is C12H17NO. The monoisotopic (exact) mass is 191 g/mol. The van der Waals surface area contributed by atoms with E-state index >= 15 is 0 Å². The Bertz CT molecular complexity index is 286. The van der Waals surface area contributed by atoms with E-state index in [-0.39, 0.29) is 12.1 Å². The quantitative estimate of drug-likeness (QED) is 0.767. The van der Waals surface area contributed by atoms with Crippen molar-refractivity contribution in [3.63, 3.8) is 0 Å². The van der Waals surface area contributed by atoms with E-state index in [2.05, 4.69) is 30.4 Å². The normalized spacial score (nSPS) is 21.4. The number of rotatable bonds is 3. The molecule has 2 atom stereocenters. The van der Waals surface area contributed by atoms with Gasteiger partial charge in [0, 0.05) is 5.69 Å². The molecule has 1 heterocycles. The number of hydrogen-bond acceptors (Lipinski definition) is 2. The van der Waals surface area contributed by atoms with E-state index in [1.54, 1.807) is 0 Å². The average Bonchev–Trinajstić information content (AvgIpc) is 2.61. The highest BCUT2D eigenvalue weighted by Crippen LogP contribution is 2.27. The first-order valence-corrected chi connectivity index (χ1v) is 5.33. The summed E-state index contributed by atoms with van der Waals surface area (Å²) in [6.07, 6.45) is 2.66. The Hall–Kier alpha value is -1.02. The van der Waals surface area contributed by atoms with E-state index in [4.69, 9.17) is 0 Å². The van der Waals surface area contributed by atoms with Crippen LogP contribution < -0.4 is 5.32 Å². The van der Waals surface area contributed by atoms with E-state index in [9.17, 15) is 5.11 Å². The lowest BCUT2D eigenvalue weighted by Crippen LogP contribution is -2.31. The minimum Gasteiger partial charge on any atom is -0.391 e. The first-order valence-electron chi connectivity index (χ1n) is 5.33. The van der Waals surface area contributed by atoms with Crippen LogP contribution in [0.4, 0.5) is 5.69 Å². The Morgan fingerprint density at radius 3 is 3.00 bits per heavy atom. The van der Waals surface area contributed by atoms with Crippen molar-refractivity contribution in [2.75, 3.05) is 5.32 Å². The summed E-state index contributed by atoms with van der Waals surface area (Å²) in [7, 11) is 0. The number of hydrogen-bond donors (Lipinski definition) is 2. The zero-order valence-electron chi connectivity index (χ0n) is 8.53. The van der Waals surface area contributed by atoms with E-state index < -0.39 is 0 Å². The second-order valence-corrected chi connectivity index (χ2v) is 3.97. The Morgan fingerprint density at radius 1 is 1.50 bits per heavy atom. The lowest BCUT2D eigenvalue weighted by atomic mass is 10.0. The van der Waals surface area contributed by atoms with Crippen molar-refractivity contribution in [3.05, 3.63) is 29.8 Å². The van der Waals surface area contributed by atoms with Gasteiger partial charge in [0.2, 0.25) is 0 Å². The van der Waals surface area contributed by atoms with Crippen molar-refractivity contribution in [1.82, 2.24) is 0 Å². The molecule has 0 saturated carbocycles. The fourth-order valence-electron chi connectivity index (χ4n) is 2.06. The number of para-hydroxylation sites is 1. The molecule has 1 aromatic rings. The van der Waals surface area contributed by atoms with Crippen LogP contribution in [-0.2, 0) is 6.42 Å². The molecular weight excluding hydrogens is 174 g/mol. The lowest BCUT2D eigenvalue weighted by molar-refractivity contribution is 0.143. The largest absolute Gasteiger partial charge is 0.391 e. The average molecular weight is 191 g/mol. The van der Waals surface area contributed by atoms with Crippen LogP contribution in [0, 0.1) is 0 Å².